The molecule has 9 nitrogen and oxygen atoms in total. The second-order valence-electron chi connectivity index (χ2n) is 6.55. The molecule has 0 radical (unpaired) electrons. The van der Waals surface area contributed by atoms with Crippen LogP contribution in [0.4, 0.5) is 0 Å². The lowest BCUT2D eigenvalue weighted by Gasteiger charge is -2.10. The molecule has 9 heteroatoms. The topological polar surface area (TPSA) is 112 Å². The van der Waals surface area contributed by atoms with Crippen LogP contribution in [0.3, 0.4) is 0 Å². The average Bonchev–Trinajstić information content (AvgIpc) is 2.78. The zero-order chi connectivity index (χ0) is 22.1. The van der Waals surface area contributed by atoms with Crippen LogP contribution in [0, 0.1) is 6.92 Å². The Morgan fingerprint density at radius 2 is 1.71 bits per heavy atom. The smallest absolute Gasteiger partial charge is 0.290 e. The number of amides is 2. The molecule has 0 atom stereocenters. The molecular formula is C22H22N4O5. The van der Waals surface area contributed by atoms with Crippen LogP contribution in [-0.4, -0.2) is 34.8 Å². The van der Waals surface area contributed by atoms with E-state index in [-0.39, 0.29) is 31.0 Å². The summed E-state index contributed by atoms with van der Waals surface area (Å²) >= 11 is 0. The molecule has 3 aromatic rings. The van der Waals surface area contributed by atoms with Crippen LogP contribution < -0.4 is 25.9 Å². The van der Waals surface area contributed by atoms with Gasteiger partial charge in [-0.3, -0.25) is 25.2 Å². The fourth-order valence-electron chi connectivity index (χ4n) is 2.58. The first-order valence-corrected chi connectivity index (χ1v) is 9.56. The summed E-state index contributed by atoms with van der Waals surface area (Å²) in [6.07, 6.45) is 0. The quantitative estimate of drug-likeness (QED) is 0.532. The minimum Gasteiger partial charge on any atom is -0.492 e. The van der Waals surface area contributed by atoms with Crippen molar-refractivity contribution in [2.24, 2.45) is 0 Å². The van der Waals surface area contributed by atoms with Crippen LogP contribution >= 0.6 is 0 Å². The van der Waals surface area contributed by atoms with E-state index >= 15 is 0 Å². The predicted molar refractivity (Wildman–Crippen MR) is 113 cm³/mol. The molecule has 0 saturated heterocycles. The van der Waals surface area contributed by atoms with Gasteiger partial charge in [-0.2, -0.15) is 5.10 Å². The van der Waals surface area contributed by atoms with Gasteiger partial charge in [-0.1, -0.05) is 30.3 Å². The van der Waals surface area contributed by atoms with E-state index in [1.54, 1.807) is 24.3 Å². The summed E-state index contributed by atoms with van der Waals surface area (Å²) < 4.78 is 12.0. The number of aromatic nitrogens is 2. The molecule has 0 fully saturated rings. The minimum absolute atomic E-state index is 0.0285. The van der Waals surface area contributed by atoms with Crippen LogP contribution in [0.25, 0.3) is 0 Å². The molecule has 0 saturated carbocycles. The summed E-state index contributed by atoms with van der Waals surface area (Å²) in [4.78, 5) is 36.1. The largest absolute Gasteiger partial charge is 0.492 e. The fourth-order valence-corrected chi connectivity index (χ4v) is 2.58. The van der Waals surface area contributed by atoms with Crippen molar-refractivity contribution in [2.75, 3.05) is 13.2 Å². The number of nitrogens with zero attached hydrogens (tertiary/aromatic N) is 2. The zero-order valence-electron chi connectivity index (χ0n) is 16.9. The van der Waals surface area contributed by atoms with E-state index in [0.717, 1.165) is 10.2 Å². The van der Waals surface area contributed by atoms with Gasteiger partial charge in [0.25, 0.3) is 17.4 Å². The fraction of sp³-hybridized carbons (Fsp3) is 0.182. The molecule has 0 aliphatic carbocycles. The summed E-state index contributed by atoms with van der Waals surface area (Å²) in [5.74, 6) is 0.00838. The number of carbonyl (C=O) groups is 2. The highest BCUT2D eigenvalue weighted by molar-refractivity contribution is 5.93. The lowest BCUT2D eigenvalue weighted by molar-refractivity contribution is -0.123. The van der Waals surface area contributed by atoms with Crippen molar-refractivity contribution in [2.45, 2.75) is 13.5 Å². The molecule has 31 heavy (non-hydrogen) atoms. The number of aryl methyl sites for hydroxylation is 1. The van der Waals surface area contributed by atoms with Crippen LogP contribution in [0.5, 0.6) is 11.5 Å². The third kappa shape index (κ3) is 6.70. The monoisotopic (exact) mass is 422 g/mol. The normalized spacial score (nSPS) is 10.2. The second-order valence-corrected chi connectivity index (χ2v) is 6.55. The van der Waals surface area contributed by atoms with E-state index in [1.165, 1.54) is 12.1 Å². The molecule has 1 aromatic heterocycles. The molecule has 0 bridgehead atoms. The predicted octanol–water partition coefficient (Wildman–Crippen LogP) is 1.47. The standard InChI is InChI=1S/C22H22N4O5/c1-16-6-5-9-18(14-16)31-15-20(27)23-24-22(29)19-10-11-21(28)26(25-19)12-13-30-17-7-3-2-4-8-17/h2-11,14H,12-13,15H2,1H3,(H,23,27)(H,24,29). The number of nitrogens with one attached hydrogen (secondary N) is 2. The molecule has 2 amide bonds. The van der Waals surface area contributed by atoms with Crippen LogP contribution in [0.2, 0.25) is 0 Å². The van der Waals surface area contributed by atoms with Gasteiger partial charge in [-0.15, -0.1) is 0 Å². The highest BCUT2D eigenvalue weighted by Crippen LogP contribution is 2.11. The van der Waals surface area contributed by atoms with E-state index in [1.807, 2.05) is 37.3 Å². The van der Waals surface area contributed by atoms with E-state index in [4.69, 9.17) is 9.47 Å². The third-order valence-corrected chi connectivity index (χ3v) is 4.09. The molecule has 1 heterocycles. The molecule has 0 aliphatic rings. The van der Waals surface area contributed by atoms with Crippen LogP contribution in [0.1, 0.15) is 16.1 Å². The lowest BCUT2D eigenvalue weighted by Crippen LogP contribution is -2.44. The van der Waals surface area contributed by atoms with Crippen molar-refractivity contribution in [3.05, 3.63) is 88.3 Å². The molecule has 3 rings (SSSR count). The van der Waals surface area contributed by atoms with Crippen molar-refractivity contribution >= 4 is 11.8 Å². The van der Waals surface area contributed by atoms with Gasteiger partial charge in [-0.05, 0) is 42.8 Å². The first-order valence-electron chi connectivity index (χ1n) is 9.56. The lowest BCUT2D eigenvalue weighted by atomic mass is 10.2. The Morgan fingerprint density at radius 3 is 2.48 bits per heavy atom. The SMILES string of the molecule is Cc1cccc(OCC(=O)NNC(=O)c2ccc(=O)n(CCOc3ccccc3)n2)c1. The van der Waals surface area contributed by atoms with Gasteiger partial charge in [0, 0.05) is 6.07 Å². The minimum atomic E-state index is -0.665. The highest BCUT2D eigenvalue weighted by atomic mass is 16.5. The van der Waals surface area contributed by atoms with Crippen LogP contribution in [-0.2, 0) is 11.3 Å². The first kappa shape index (κ1) is 21.6. The van der Waals surface area contributed by atoms with E-state index in [2.05, 4.69) is 16.0 Å². The Balaban J connectivity index is 1.48. The molecule has 2 aromatic carbocycles. The van der Waals surface area contributed by atoms with Crippen molar-refractivity contribution in [3.8, 4) is 11.5 Å². The van der Waals surface area contributed by atoms with E-state index in [0.29, 0.717) is 11.5 Å². The number of ether oxygens (including phenoxy) is 2. The number of hydrogen-bond donors (Lipinski definition) is 2. The molecule has 0 spiro atoms. The Morgan fingerprint density at radius 1 is 0.935 bits per heavy atom. The number of hydrazine groups is 1. The number of hydrogen-bond acceptors (Lipinski definition) is 6. The molecular weight excluding hydrogens is 400 g/mol. The van der Waals surface area contributed by atoms with Gasteiger partial charge in [0.1, 0.15) is 18.1 Å². The molecule has 160 valence electrons. The molecule has 2 N–H and O–H groups in total. The van der Waals surface area contributed by atoms with E-state index in [9.17, 15) is 14.4 Å². The number of benzene rings is 2. The first-order chi connectivity index (χ1) is 15.0. The Labute approximate surface area is 178 Å². The van der Waals surface area contributed by atoms with Crippen LogP contribution in [0.15, 0.2) is 71.5 Å². The van der Waals surface area contributed by atoms with Gasteiger partial charge in [-0.25, -0.2) is 4.68 Å². The Bertz CT molecular complexity index is 1100. The maximum atomic E-state index is 12.3. The van der Waals surface area contributed by atoms with Gasteiger partial charge >= 0.3 is 0 Å². The number of carbonyl (C=O) groups excluding carboxylic acids is 2. The van der Waals surface area contributed by atoms with Crippen molar-refractivity contribution in [1.29, 1.82) is 0 Å². The second kappa shape index (κ2) is 10.6. The zero-order valence-corrected chi connectivity index (χ0v) is 16.9. The van der Waals surface area contributed by atoms with Crippen molar-refractivity contribution < 1.29 is 19.1 Å². The Hall–Kier alpha value is -4.14. The van der Waals surface area contributed by atoms with Gasteiger partial charge in [0.15, 0.2) is 12.3 Å². The van der Waals surface area contributed by atoms with Crippen molar-refractivity contribution in [1.82, 2.24) is 20.6 Å². The number of para-hydroxylation sites is 1. The van der Waals surface area contributed by atoms with Gasteiger partial charge in [0.2, 0.25) is 0 Å². The molecule has 0 aliphatic heterocycles. The van der Waals surface area contributed by atoms with Crippen molar-refractivity contribution in [3.63, 3.8) is 0 Å². The van der Waals surface area contributed by atoms with Gasteiger partial charge in [0.05, 0.1) is 6.54 Å². The third-order valence-electron chi connectivity index (χ3n) is 4.09. The molecule has 0 unspecified atom stereocenters. The Kier molecular flexibility index (Phi) is 7.36. The summed E-state index contributed by atoms with van der Waals surface area (Å²) in [5, 5.41) is 4.01. The summed E-state index contributed by atoms with van der Waals surface area (Å²) in [6, 6.07) is 18.9. The summed E-state index contributed by atoms with van der Waals surface area (Å²) in [6.45, 7) is 2.00. The summed E-state index contributed by atoms with van der Waals surface area (Å²) in [5.41, 5.74) is 5.10. The highest BCUT2D eigenvalue weighted by Gasteiger charge is 2.11. The maximum Gasteiger partial charge on any atom is 0.290 e. The van der Waals surface area contributed by atoms with E-state index < -0.39 is 11.8 Å². The number of rotatable bonds is 8. The maximum absolute atomic E-state index is 12.3. The average molecular weight is 422 g/mol. The van der Waals surface area contributed by atoms with Gasteiger partial charge < -0.3 is 9.47 Å². The summed E-state index contributed by atoms with van der Waals surface area (Å²) in [7, 11) is 0.